The fourth-order valence-electron chi connectivity index (χ4n) is 2.14. The molecular formula is C13H20ClN5O2. The molecule has 2 rings (SSSR count). The summed E-state index contributed by atoms with van der Waals surface area (Å²) in [4.78, 5) is 24.0. The minimum absolute atomic E-state index is 0.265. The van der Waals surface area contributed by atoms with Crippen LogP contribution < -0.4 is 10.2 Å². The van der Waals surface area contributed by atoms with E-state index >= 15 is 0 Å². The van der Waals surface area contributed by atoms with Crippen LogP contribution in [0.2, 0.25) is 5.02 Å². The molecule has 116 valence electrons. The molecule has 0 aliphatic carbocycles. The molecule has 1 saturated heterocycles. The molecule has 1 aliphatic rings. The van der Waals surface area contributed by atoms with E-state index in [1.807, 2.05) is 6.92 Å². The van der Waals surface area contributed by atoms with Crippen molar-refractivity contribution < 1.29 is 9.53 Å². The Kier molecular flexibility index (Phi) is 5.44. The summed E-state index contributed by atoms with van der Waals surface area (Å²) >= 11 is 6.18. The van der Waals surface area contributed by atoms with Crippen LogP contribution in [0.3, 0.4) is 0 Å². The number of amides is 1. The number of aromatic nitrogens is 2. The number of nitrogens with one attached hydrogen (secondary N) is 1. The molecule has 0 aromatic carbocycles. The van der Waals surface area contributed by atoms with Gasteiger partial charge in [0.15, 0.2) is 5.82 Å². The predicted octanol–water partition coefficient (Wildman–Crippen LogP) is 1.84. The van der Waals surface area contributed by atoms with E-state index in [2.05, 4.69) is 20.2 Å². The number of piperazine rings is 1. The van der Waals surface area contributed by atoms with Gasteiger partial charge in [-0.2, -0.15) is 4.98 Å². The molecule has 1 aromatic heterocycles. The van der Waals surface area contributed by atoms with Crippen molar-refractivity contribution in [3.8, 4) is 0 Å². The van der Waals surface area contributed by atoms with E-state index in [0.29, 0.717) is 49.6 Å². The lowest BCUT2D eigenvalue weighted by Crippen LogP contribution is -2.49. The van der Waals surface area contributed by atoms with Crippen molar-refractivity contribution in [1.82, 2.24) is 14.9 Å². The Morgan fingerprint density at radius 2 is 2.10 bits per heavy atom. The van der Waals surface area contributed by atoms with Crippen molar-refractivity contribution in [2.75, 3.05) is 49.5 Å². The molecule has 1 N–H and O–H groups in total. The fourth-order valence-corrected chi connectivity index (χ4v) is 2.35. The molecule has 0 saturated carbocycles. The van der Waals surface area contributed by atoms with Gasteiger partial charge in [0.05, 0.1) is 12.8 Å². The van der Waals surface area contributed by atoms with Crippen molar-refractivity contribution in [3.63, 3.8) is 0 Å². The number of ether oxygens (including phenoxy) is 1. The smallest absolute Gasteiger partial charge is 0.409 e. The van der Waals surface area contributed by atoms with Crippen LogP contribution in [0.1, 0.15) is 13.8 Å². The minimum atomic E-state index is -0.265. The van der Waals surface area contributed by atoms with Gasteiger partial charge < -0.3 is 19.9 Å². The molecule has 21 heavy (non-hydrogen) atoms. The van der Waals surface area contributed by atoms with E-state index in [-0.39, 0.29) is 6.09 Å². The SMILES string of the molecule is CCNc1ncc(Cl)c(N2CCN(C(=O)OCC)CC2)n1. The predicted molar refractivity (Wildman–Crippen MR) is 82.0 cm³/mol. The summed E-state index contributed by atoms with van der Waals surface area (Å²) in [5.74, 6) is 1.26. The third kappa shape index (κ3) is 3.87. The molecule has 2 heterocycles. The van der Waals surface area contributed by atoms with Gasteiger partial charge in [-0.15, -0.1) is 0 Å². The molecular weight excluding hydrogens is 294 g/mol. The second-order valence-electron chi connectivity index (χ2n) is 4.57. The number of rotatable bonds is 4. The lowest BCUT2D eigenvalue weighted by atomic mass is 10.3. The minimum Gasteiger partial charge on any atom is -0.450 e. The Hall–Kier alpha value is -1.76. The van der Waals surface area contributed by atoms with Gasteiger partial charge in [-0.25, -0.2) is 9.78 Å². The molecule has 1 aromatic rings. The van der Waals surface area contributed by atoms with Gasteiger partial charge >= 0.3 is 6.09 Å². The largest absolute Gasteiger partial charge is 0.450 e. The van der Waals surface area contributed by atoms with Crippen LogP contribution in [0.4, 0.5) is 16.6 Å². The maximum Gasteiger partial charge on any atom is 0.409 e. The Morgan fingerprint density at radius 3 is 2.71 bits per heavy atom. The van der Waals surface area contributed by atoms with Gasteiger partial charge in [-0.3, -0.25) is 0 Å². The van der Waals surface area contributed by atoms with Gasteiger partial charge in [0, 0.05) is 32.7 Å². The fraction of sp³-hybridized carbons (Fsp3) is 0.615. The monoisotopic (exact) mass is 313 g/mol. The highest BCUT2D eigenvalue weighted by molar-refractivity contribution is 6.32. The average molecular weight is 314 g/mol. The second-order valence-corrected chi connectivity index (χ2v) is 4.98. The summed E-state index contributed by atoms with van der Waals surface area (Å²) < 4.78 is 5.00. The van der Waals surface area contributed by atoms with E-state index in [1.165, 1.54) is 0 Å². The zero-order valence-corrected chi connectivity index (χ0v) is 13.1. The molecule has 1 fully saturated rings. The van der Waals surface area contributed by atoms with Crippen molar-refractivity contribution in [2.24, 2.45) is 0 Å². The van der Waals surface area contributed by atoms with E-state index in [1.54, 1.807) is 18.0 Å². The second kappa shape index (κ2) is 7.31. The van der Waals surface area contributed by atoms with Crippen LogP contribution in [-0.4, -0.2) is 60.3 Å². The molecule has 1 amide bonds. The van der Waals surface area contributed by atoms with E-state index in [0.717, 1.165) is 6.54 Å². The highest BCUT2D eigenvalue weighted by Gasteiger charge is 2.24. The average Bonchev–Trinajstić information content (AvgIpc) is 2.50. The summed E-state index contributed by atoms with van der Waals surface area (Å²) in [5.41, 5.74) is 0. The summed E-state index contributed by atoms with van der Waals surface area (Å²) in [5, 5.41) is 3.58. The molecule has 0 spiro atoms. The number of hydrogen-bond acceptors (Lipinski definition) is 6. The van der Waals surface area contributed by atoms with Gasteiger partial charge in [0.2, 0.25) is 5.95 Å². The van der Waals surface area contributed by atoms with Crippen LogP contribution >= 0.6 is 11.6 Å². The van der Waals surface area contributed by atoms with Crippen molar-refractivity contribution in [2.45, 2.75) is 13.8 Å². The lowest BCUT2D eigenvalue weighted by Gasteiger charge is -2.35. The van der Waals surface area contributed by atoms with Crippen molar-refractivity contribution in [1.29, 1.82) is 0 Å². The zero-order chi connectivity index (χ0) is 15.2. The van der Waals surface area contributed by atoms with Crippen molar-refractivity contribution >= 4 is 29.5 Å². The number of halogens is 1. The molecule has 8 heteroatoms. The first-order valence-corrected chi connectivity index (χ1v) is 7.46. The van der Waals surface area contributed by atoms with E-state index in [4.69, 9.17) is 16.3 Å². The first-order valence-electron chi connectivity index (χ1n) is 7.08. The Balaban J connectivity index is 2.01. The molecule has 0 radical (unpaired) electrons. The molecule has 7 nitrogen and oxygen atoms in total. The quantitative estimate of drug-likeness (QED) is 0.914. The summed E-state index contributed by atoms with van der Waals surface area (Å²) in [6.07, 6.45) is 1.33. The number of carbonyl (C=O) groups excluding carboxylic acids is 1. The van der Waals surface area contributed by atoms with Crippen LogP contribution in [0.5, 0.6) is 0 Å². The lowest BCUT2D eigenvalue weighted by molar-refractivity contribution is 0.105. The van der Waals surface area contributed by atoms with Crippen molar-refractivity contribution in [3.05, 3.63) is 11.2 Å². The van der Waals surface area contributed by atoms with Crippen LogP contribution in [0.25, 0.3) is 0 Å². The number of hydrogen-bond donors (Lipinski definition) is 1. The molecule has 0 bridgehead atoms. The Labute approximate surface area is 129 Å². The molecule has 0 unspecified atom stereocenters. The Bertz CT molecular complexity index is 491. The molecule has 0 atom stereocenters. The number of anilines is 2. The third-order valence-electron chi connectivity index (χ3n) is 3.17. The third-order valence-corrected chi connectivity index (χ3v) is 3.43. The highest BCUT2D eigenvalue weighted by atomic mass is 35.5. The van der Waals surface area contributed by atoms with Gasteiger partial charge in [0.1, 0.15) is 5.02 Å². The summed E-state index contributed by atoms with van der Waals surface area (Å²) in [6.45, 7) is 7.45. The topological polar surface area (TPSA) is 70.6 Å². The van der Waals surface area contributed by atoms with E-state index < -0.39 is 0 Å². The first-order chi connectivity index (χ1) is 10.2. The normalized spacial score (nSPS) is 15.0. The first kappa shape index (κ1) is 15.6. The van der Waals surface area contributed by atoms with E-state index in [9.17, 15) is 4.79 Å². The van der Waals surface area contributed by atoms with Gasteiger partial charge in [0.25, 0.3) is 0 Å². The van der Waals surface area contributed by atoms with Gasteiger partial charge in [-0.05, 0) is 13.8 Å². The molecule has 1 aliphatic heterocycles. The number of nitrogens with zero attached hydrogens (tertiary/aromatic N) is 4. The van der Waals surface area contributed by atoms with Crippen LogP contribution in [-0.2, 0) is 4.74 Å². The maximum absolute atomic E-state index is 11.7. The highest BCUT2D eigenvalue weighted by Crippen LogP contribution is 2.24. The van der Waals surface area contributed by atoms with Gasteiger partial charge in [-0.1, -0.05) is 11.6 Å². The maximum atomic E-state index is 11.7. The Morgan fingerprint density at radius 1 is 1.38 bits per heavy atom. The summed E-state index contributed by atoms with van der Waals surface area (Å²) in [6, 6.07) is 0. The van der Waals surface area contributed by atoms with Crippen LogP contribution in [0, 0.1) is 0 Å². The standard InChI is InChI=1S/C13H20ClN5O2/c1-3-15-12-16-9-10(14)11(17-12)18-5-7-19(8-6-18)13(20)21-4-2/h9H,3-8H2,1-2H3,(H,15,16,17). The van der Waals surface area contributed by atoms with Crippen LogP contribution in [0.15, 0.2) is 6.20 Å². The summed E-state index contributed by atoms with van der Waals surface area (Å²) in [7, 11) is 0. The number of carbonyl (C=O) groups is 1. The zero-order valence-electron chi connectivity index (χ0n) is 12.3.